The van der Waals surface area contributed by atoms with Crippen molar-refractivity contribution in [2.24, 2.45) is 0 Å². The summed E-state index contributed by atoms with van der Waals surface area (Å²) in [5.41, 5.74) is 5.93. The number of para-hydroxylation sites is 1. The molecule has 2 amide bonds. The monoisotopic (exact) mass is 351 g/mol. The number of hydrogen-bond acceptors (Lipinski definition) is 5. The van der Waals surface area contributed by atoms with Crippen molar-refractivity contribution in [3.8, 4) is 17.2 Å². The summed E-state index contributed by atoms with van der Waals surface area (Å²) in [5.74, 6) is -0.266. The second-order valence-corrected chi connectivity index (χ2v) is 5.58. The van der Waals surface area contributed by atoms with E-state index in [1.807, 2.05) is 30.3 Å². The van der Waals surface area contributed by atoms with Crippen LogP contribution in [-0.4, -0.2) is 21.9 Å². The van der Waals surface area contributed by atoms with Crippen LogP contribution in [0, 0.1) is 6.92 Å². The smallest absolute Gasteiger partial charge is 0.273 e. The Morgan fingerprint density at radius 1 is 1.04 bits per heavy atom. The van der Waals surface area contributed by atoms with Gasteiger partial charge in [0.05, 0.1) is 17.7 Å². The Balaban J connectivity index is 1.61. The van der Waals surface area contributed by atoms with E-state index in [0.29, 0.717) is 17.3 Å². The van der Waals surface area contributed by atoms with Gasteiger partial charge in [-0.15, -0.1) is 0 Å². The first kappa shape index (κ1) is 17.2. The topological polar surface area (TPSA) is 104 Å². The Morgan fingerprint density at radius 2 is 1.73 bits per heavy atom. The molecule has 0 fully saturated rings. The Labute approximate surface area is 149 Å². The number of aromatic nitrogens is 1. The Morgan fingerprint density at radius 3 is 2.46 bits per heavy atom. The molecule has 1 heterocycles. The summed E-state index contributed by atoms with van der Waals surface area (Å²) in [7, 11) is 0. The molecule has 132 valence electrons. The fourth-order valence-electron chi connectivity index (χ4n) is 2.35. The molecule has 0 aliphatic carbocycles. The van der Waals surface area contributed by atoms with Gasteiger partial charge in [-0.3, -0.25) is 20.4 Å². The highest BCUT2D eigenvalue weighted by Gasteiger charge is 2.16. The van der Waals surface area contributed by atoms with Crippen LogP contribution in [0.2, 0.25) is 0 Å². The lowest BCUT2D eigenvalue weighted by molar-refractivity contribution is -0.121. The van der Waals surface area contributed by atoms with Crippen LogP contribution < -0.4 is 10.9 Å². The normalized spacial score (nSPS) is 10.3. The molecular formula is C19H17N3O4. The Hall–Kier alpha value is -3.61. The standard InChI is InChI=1S/C19H17N3O4/c1-12-15(20-19(26-12)13-7-3-2-4-8-13)11-17(24)21-22-18(25)14-9-5-6-10-16(14)23/h2-10,23H,11H2,1H3,(H,21,24)(H,22,25). The number of amides is 2. The summed E-state index contributed by atoms with van der Waals surface area (Å²) in [4.78, 5) is 28.4. The molecule has 3 N–H and O–H groups in total. The van der Waals surface area contributed by atoms with Crippen molar-refractivity contribution < 1.29 is 19.1 Å². The molecule has 3 aromatic rings. The average Bonchev–Trinajstić information content (AvgIpc) is 3.01. The number of phenols is 1. The van der Waals surface area contributed by atoms with Crippen molar-refractivity contribution in [2.75, 3.05) is 0 Å². The van der Waals surface area contributed by atoms with Gasteiger partial charge in [-0.05, 0) is 31.2 Å². The number of hydrogen-bond donors (Lipinski definition) is 3. The molecule has 26 heavy (non-hydrogen) atoms. The number of nitrogens with zero attached hydrogens (tertiary/aromatic N) is 1. The highest BCUT2D eigenvalue weighted by Crippen LogP contribution is 2.21. The first-order valence-electron chi connectivity index (χ1n) is 7.93. The molecule has 2 aromatic carbocycles. The van der Waals surface area contributed by atoms with Gasteiger partial charge < -0.3 is 9.52 Å². The van der Waals surface area contributed by atoms with Gasteiger partial charge in [-0.1, -0.05) is 30.3 Å². The third kappa shape index (κ3) is 3.89. The average molecular weight is 351 g/mol. The van der Waals surface area contributed by atoms with E-state index in [9.17, 15) is 14.7 Å². The summed E-state index contributed by atoms with van der Waals surface area (Å²) in [6.45, 7) is 1.72. The van der Waals surface area contributed by atoms with Gasteiger partial charge in [0.2, 0.25) is 11.8 Å². The third-order valence-electron chi connectivity index (χ3n) is 3.71. The number of carbonyl (C=O) groups is 2. The van der Waals surface area contributed by atoms with Crippen LogP contribution in [-0.2, 0) is 11.2 Å². The molecule has 0 aliphatic heterocycles. The predicted molar refractivity (Wildman–Crippen MR) is 94.1 cm³/mol. The van der Waals surface area contributed by atoms with E-state index in [2.05, 4.69) is 15.8 Å². The van der Waals surface area contributed by atoms with E-state index in [4.69, 9.17) is 4.42 Å². The zero-order valence-corrected chi connectivity index (χ0v) is 14.0. The minimum Gasteiger partial charge on any atom is -0.507 e. The van der Waals surface area contributed by atoms with Crippen molar-refractivity contribution in [2.45, 2.75) is 13.3 Å². The van der Waals surface area contributed by atoms with Crippen LogP contribution in [0.25, 0.3) is 11.5 Å². The Kier molecular flexibility index (Phi) is 4.98. The number of aromatic hydroxyl groups is 1. The highest BCUT2D eigenvalue weighted by atomic mass is 16.4. The SMILES string of the molecule is Cc1oc(-c2ccccc2)nc1CC(=O)NNC(=O)c1ccccc1O. The number of nitrogens with one attached hydrogen (secondary N) is 2. The van der Waals surface area contributed by atoms with Crippen molar-refractivity contribution in [1.29, 1.82) is 0 Å². The third-order valence-corrected chi connectivity index (χ3v) is 3.71. The number of rotatable bonds is 4. The molecular weight excluding hydrogens is 334 g/mol. The predicted octanol–water partition coefficient (Wildman–Crippen LogP) is 2.36. The van der Waals surface area contributed by atoms with Crippen molar-refractivity contribution in [3.05, 3.63) is 71.6 Å². The van der Waals surface area contributed by atoms with Gasteiger partial charge in [0, 0.05) is 5.56 Å². The van der Waals surface area contributed by atoms with Crippen molar-refractivity contribution in [3.63, 3.8) is 0 Å². The molecule has 0 atom stereocenters. The molecule has 0 aliphatic rings. The van der Waals surface area contributed by atoms with Crippen LogP contribution >= 0.6 is 0 Å². The molecule has 0 unspecified atom stereocenters. The lowest BCUT2D eigenvalue weighted by Crippen LogP contribution is -2.42. The van der Waals surface area contributed by atoms with E-state index >= 15 is 0 Å². The second kappa shape index (κ2) is 7.52. The largest absolute Gasteiger partial charge is 0.507 e. The Bertz CT molecular complexity index is 935. The summed E-state index contributed by atoms with van der Waals surface area (Å²) < 4.78 is 5.60. The molecule has 0 saturated heterocycles. The van der Waals surface area contributed by atoms with Gasteiger partial charge in [0.1, 0.15) is 11.5 Å². The summed E-state index contributed by atoms with van der Waals surface area (Å²) >= 11 is 0. The zero-order valence-electron chi connectivity index (χ0n) is 14.0. The minimum atomic E-state index is -0.613. The first-order chi connectivity index (χ1) is 12.5. The lowest BCUT2D eigenvalue weighted by Gasteiger charge is -2.07. The molecule has 0 radical (unpaired) electrons. The molecule has 0 bridgehead atoms. The van der Waals surface area contributed by atoms with E-state index in [-0.39, 0.29) is 17.7 Å². The van der Waals surface area contributed by atoms with Gasteiger partial charge in [-0.25, -0.2) is 4.98 Å². The summed E-state index contributed by atoms with van der Waals surface area (Å²) in [5, 5.41) is 9.63. The summed E-state index contributed by atoms with van der Waals surface area (Å²) in [6, 6.07) is 15.4. The summed E-state index contributed by atoms with van der Waals surface area (Å²) in [6.07, 6.45) is -0.0524. The maximum atomic E-state index is 12.1. The lowest BCUT2D eigenvalue weighted by atomic mass is 10.2. The second-order valence-electron chi connectivity index (χ2n) is 5.58. The molecule has 7 nitrogen and oxygen atoms in total. The molecule has 0 saturated carbocycles. The minimum absolute atomic E-state index is 0.0524. The number of hydrazine groups is 1. The molecule has 1 aromatic heterocycles. The maximum absolute atomic E-state index is 12.1. The van der Waals surface area contributed by atoms with E-state index < -0.39 is 11.8 Å². The maximum Gasteiger partial charge on any atom is 0.273 e. The molecule has 0 spiro atoms. The molecule has 7 heteroatoms. The van der Waals surface area contributed by atoms with Crippen LogP contribution in [0.1, 0.15) is 21.8 Å². The number of carbonyl (C=O) groups excluding carboxylic acids is 2. The van der Waals surface area contributed by atoms with Gasteiger partial charge in [0.15, 0.2) is 0 Å². The van der Waals surface area contributed by atoms with Crippen LogP contribution in [0.3, 0.4) is 0 Å². The van der Waals surface area contributed by atoms with Crippen LogP contribution in [0.15, 0.2) is 59.0 Å². The van der Waals surface area contributed by atoms with Crippen molar-refractivity contribution >= 4 is 11.8 Å². The van der Waals surface area contributed by atoms with Gasteiger partial charge >= 0.3 is 0 Å². The van der Waals surface area contributed by atoms with Crippen molar-refractivity contribution in [1.82, 2.24) is 15.8 Å². The van der Waals surface area contributed by atoms with Gasteiger partial charge in [-0.2, -0.15) is 0 Å². The van der Waals surface area contributed by atoms with Crippen LogP contribution in [0.5, 0.6) is 5.75 Å². The fraction of sp³-hybridized carbons (Fsp3) is 0.105. The number of benzene rings is 2. The highest BCUT2D eigenvalue weighted by molar-refractivity contribution is 5.97. The quantitative estimate of drug-likeness (QED) is 0.626. The fourth-order valence-corrected chi connectivity index (χ4v) is 2.35. The van der Waals surface area contributed by atoms with E-state index in [1.54, 1.807) is 19.1 Å². The first-order valence-corrected chi connectivity index (χ1v) is 7.93. The number of aryl methyl sites for hydroxylation is 1. The van der Waals surface area contributed by atoms with Crippen LogP contribution in [0.4, 0.5) is 0 Å². The number of phenolic OH excluding ortho intramolecular Hbond substituents is 1. The van der Waals surface area contributed by atoms with E-state index in [0.717, 1.165) is 5.56 Å². The zero-order chi connectivity index (χ0) is 18.5. The van der Waals surface area contributed by atoms with Gasteiger partial charge in [0.25, 0.3) is 5.91 Å². The number of oxazole rings is 1. The van der Waals surface area contributed by atoms with E-state index in [1.165, 1.54) is 12.1 Å². The molecule has 3 rings (SSSR count).